The first-order valence-corrected chi connectivity index (χ1v) is 16.1. The Morgan fingerprint density at radius 1 is 1.02 bits per heavy atom. The summed E-state index contributed by atoms with van der Waals surface area (Å²) in [6, 6.07) is 21.2. The monoisotopic (exact) mass is 629 g/mol. The maximum absolute atomic E-state index is 13.7. The molecule has 1 amide bonds. The van der Waals surface area contributed by atoms with E-state index in [2.05, 4.69) is 24.0 Å². The standard InChI is InChI=1S/C33H31N3O6S2/c1-20(2)13-14-40-24-10-6-9-22(17-24)28-27(29(37)23-11-12-25-26(18-23)42-16-15-41-25)30(38)31(39)36(28)32-34-35-33(44-32)43-19-21-7-4-3-5-8-21/h3-12,17-18,20,28,37H,13-16,19H2,1-2H3/b29-27+. The van der Waals surface area contributed by atoms with Crippen molar-refractivity contribution < 1.29 is 28.9 Å². The van der Waals surface area contributed by atoms with E-state index in [1.54, 1.807) is 24.3 Å². The van der Waals surface area contributed by atoms with Gasteiger partial charge in [-0.3, -0.25) is 14.5 Å². The molecule has 1 unspecified atom stereocenters. The minimum absolute atomic E-state index is 0.0558. The first kappa shape index (κ1) is 29.7. The molecule has 3 heterocycles. The number of benzene rings is 3. The van der Waals surface area contributed by atoms with Gasteiger partial charge in [-0.05, 0) is 53.8 Å². The highest BCUT2D eigenvalue weighted by atomic mass is 32.2. The number of anilines is 1. The zero-order valence-corrected chi connectivity index (χ0v) is 25.9. The van der Waals surface area contributed by atoms with E-state index in [9.17, 15) is 14.7 Å². The van der Waals surface area contributed by atoms with Crippen molar-refractivity contribution >= 4 is 45.7 Å². The molecule has 3 aromatic carbocycles. The lowest BCUT2D eigenvalue weighted by atomic mass is 9.95. The zero-order chi connectivity index (χ0) is 30.6. The van der Waals surface area contributed by atoms with Crippen LogP contribution in [0.3, 0.4) is 0 Å². The fourth-order valence-electron chi connectivity index (χ4n) is 4.96. The zero-order valence-electron chi connectivity index (χ0n) is 24.3. The topological polar surface area (TPSA) is 111 Å². The second-order valence-electron chi connectivity index (χ2n) is 10.8. The molecule has 1 saturated heterocycles. The highest BCUT2D eigenvalue weighted by Crippen LogP contribution is 2.45. The summed E-state index contributed by atoms with van der Waals surface area (Å²) in [4.78, 5) is 28.7. The third kappa shape index (κ3) is 6.29. The molecule has 11 heteroatoms. The average molecular weight is 630 g/mol. The highest BCUT2D eigenvalue weighted by Gasteiger charge is 2.48. The predicted octanol–water partition coefficient (Wildman–Crippen LogP) is 6.65. The van der Waals surface area contributed by atoms with Crippen molar-refractivity contribution in [3.05, 3.63) is 95.1 Å². The number of aliphatic hydroxyl groups excluding tert-OH is 1. The van der Waals surface area contributed by atoms with Gasteiger partial charge < -0.3 is 19.3 Å². The normalized spacial score (nSPS) is 17.3. The quantitative estimate of drug-likeness (QED) is 0.0677. The van der Waals surface area contributed by atoms with Gasteiger partial charge in [0, 0.05) is 11.3 Å². The molecule has 6 rings (SSSR count). The Morgan fingerprint density at radius 2 is 1.82 bits per heavy atom. The van der Waals surface area contributed by atoms with Gasteiger partial charge in [-0.2, -0.15) is 0 Å². The number of carbonyl (C=O) groups is 2. The molecule has 4 aromatic rings. The van der Waals surface area contributed by atoms with Gasteiger partial charge >= 0.3 is 5.91 Å². The van der Waals surface area contributed by atoms with E-state index >= 15 is 0 Å². The minimum Gasteiger partial charge on any atom is -0.507 e. The Hall–Kier alpha value is -4.35. The van der Waals surface area contributed by atoms with Crippen molar-refractivity contribution in [1.29, 1.82) is 0 Å². The molecule has 1 N–H and O–H groups in total. The second kappa shape index (κ2) is 13.1. The Balaban J connectivity index is 1.39. The molecule has 2 aliphatic rings. The van der Waals surface area contributed by atoms with Crippen LogP contribution in [0.5, 0.6) is 17.2 Å². The van der Waals surface area contributed by atoms with Crippen LogP contribution in [0.4, 0.5) is 5.13 Å². The lowest BCUT2D eigenvalue weighted by molar-refractivity contribution is -0.132. The molecule has 0 radical (unpaired) electrons. The van der Waals surface area contributed by atoms with Crippen molar-refractivity contribution in [3.63, 3.8) is 0 Å². The number of hydrogen-bond donors (Lipinski definition) is 1. The number of nitrogens with zero attached hydrogens (tertiary/aromatic N) is 3. The number of rotatable bonds is 10. The molecule has 9 nitrogen and oxygen atoms in total. The van der Waals surface area contributed by atoms with E-state index in [1.807, 2.05) is 48.5 Å². The number of aliphatic hydroxyl groups is 1. The molecule has 0 spiro atoms. The number of ether oxygens (including phenoxy) is 3. The maximum atomic E-state index is 13.7. The minimum atomic E-state index is -0.961. The van der Waals surface area contributed by atoms with Gasteiger partial charge in [-0.25, -0.2) is 0 Å². The molecule has 1 aromatic heterocycles. The fraction of sp³-hybridized carbons (Fsp3) is 0.273. The Bertz CT molecular complexity index is 1700. The third-order valence-electron chi connectivity index (χ3n) is 7.20. The molecule has 1 fully saturated rings. The van der Waals surface area contributed by atoms with Crippen molar-refractivity contribution in [1.82, 2.24) is 10.2 Å². The number of Topliss-reactive ketones (excluding diaryl/α,β-unsaturated/α-hetero) is 1. The lowest BCUT2D eigenvalue weighted by Gasteiger charge is -2.23. The summed E-state index contributed by atoms with van der Waals surface area (Å²) in [6.07, 6.45) is 0.876. The van der Waals surface area contributed by atoms with Crippen molar-refractivity contribution in [2.24, 2.45) is 5.92 Å². The molecular weight excluding hydrogens is 599 g/mol. The van der Waals surface area contributed by atoms with Crippen LogP contribution in [0.15, 0.2) is 82.7 Å². The summed E-state index contributed by atoms with van der Waals surface area (Å²) in [7, 11) is 0. The van der Waals surface area contributed by atoms with Crippen molar-refractivity contribution in [2.75, 3.05) is 24.7 Å². The molecular formula is C33H31N3O6S2. The van der Waals surface area contributed by atoms with E-state index < -0.39 is 17.7 Å². The number of aromatic nitrogens is 2. The Labute approximate surface area is 263 Å². The van der Waals surface area contributed by atoms with Crippen LogP contribution < -0.4 is 19.1 Å². The first-order valence-electron chi connectivity index (χ1n) is 14.3. The molecule has 226 valence electrons. The van der Waals surface area contributed by atoms with Crippen LogP contribution in [-0.4, -0.2) is 46.8 Å². The highest BCUT2D eigenvalue weighted by molar-refractivity contribution is 8.00. The van der Waals surface area contributed by atoms with Gasteiger partial charge in [0.15, 0.2) is 15.8 Å². The average Bonchev–Trinajstić information content (AvgIpc) is 3.61. The summed E-state index contributed by atoms with van der Waals surface area (Å²) in [5.74, 6) is 0.825. The van der Waals surface area contributed by atoms with Crippen LogP contribution in [0.25, 0.3) is 5.76 Å². The van der Waals surface area contributed by atoms with Gasteiger partial charge in [0.25, 0.3) is 5.78 Å². The van der Waals surface area contributed by atoms with E-state index in [0.29, 0.717) is 64.2 Å². The summed E-state index contributed by atoms with van der Waals surface area (Å²) in [5, 5.41) is 20.5. The molecule has 2 aliphatic heterocycles. The van der Waals surface area contributed by atoms with Crippen LogP contribution >= 0.6 is 23.1 Å². The number of carbonyl (C=O) groups excluding carboxylic acids is 2. The Kier molecular flexibility index (Phi) is 8.85. The van der Waals surface area contributed by atoms with Crippen molar-refractivity contribution in [3.8, 4) is 17.2 Å². The molecule has 0 bridgehead atoms. The number of amides is 1. The Morgan fingerprint density at radius 3 is 2.61 bits per heavy atom. The molecule has 0 aliphatic carbocycles. The van der Waals surface area contributed by atoms with Crippen LogP contribution in [-0.2, 0) is 15.3 Å². The summed E-state index contributed by atoms with van der Waals surface area (Å²) in [5.41, 5.74) is 2.00. The SMILES string of the molecule is CC(C)CCOc1cccc(C2/C(=C(\O)c3ccc4c(c3)OCCO4)C(=O)C(=O)N2c2nnc(SCc3ccccc3)s2)c1. The summed E-state index contributed by atoms with van der Waals surface area (Å²) < 4.78 is 18.0. The second-order valence-corrected chi connectivity index (χ2v) is 12.9. The lowest BCUT2D eigenvalue weighted by Crippen LogP contribution is -2.29. The van der Waals surface area contributed by atoms with Crippen LogP contribution in [0.1, 0.15) is 43.0 Å². The van der Waals surface area contributed by atoms with E-state index in [0.717, 1.165) is 12.0 Å². The van der Waals surface area contributed by atoms with Crippen molar-refractivity contribution in [2.45, 2.75) is 36.4 Å². The maximum Gasteiger partial charge on any atom is 0.301 e. The van der Waals surface area contributed by atoms with E-state index in [1.165, 1.54) is 28.0 Å². The van der Waals surface area contributed by atoms with Gasteiger partial charge in [0.05, 0.1) is 18.2 Å². The van der Waals surface area contributed by atoms with Crippen LogP contribution in [0, 0.1) is 5.92 Å². The molecule has 44 heavy (non-hydrogen) atoms. The van der Waals surface area contributed by atoms with E-state index in [4.69, 9.17) is 14.2 Å². The molecule has 1 atom stereocenters. The number of fused-ring (bicyclic) bond motifs is 1. The van der Waals surface area contributed by atoms with Gasteiger partial charge in [-0.15, -0.1) is 10.2 Å². The van der Waals surface area contributed by atoms with Gasteiger partial charge in [0.1, 0.15) is 24.7 Å². The number of ketones is 1. The predicted molar refractivity (Wildman–Crippen MR) is 170 cm³/mol. The fourth-order valence-corrected chi connectivity index (χ4v) is 6.78. The number of thioether (sulfide) groups is 1. The van der Waals surface area contributed by atoms with Crippen LogP contribution in [0.2, 0.25) is 0 Å². The largest absolute Gasteiger partial charge is 0.507 e. The van der Waals surface area contributed by atoms with Gasteiger partial charge in [0.2, 0.25) is 5.13 Å². The smallest absolute Gasteiger partial charge is 0.301 e. The first-order chi connectivity index (χ1) is 21.4. The van der Waals surface area contributed by atoms with Gasteiger partial charge in [-0.1, -0.05) is 79.4 Å². The van der Waals surface area contributed by atoms with E-state index in [-0.39, 0.29) is 16.5 Å². The number of hydrogen-bond acceptors (Lipinski definition) is 10. The summed E-state index contributed by atoms with van der Waals surface area (Å²) in [6.45, 7) is 5.56. The summed E-state index contributed by atoms with van der Waals surface area (Å²) >= 11 is 2.72. The molecule has 0 saturated carbocycles. The third-order valence-corrected chi connectivity index (χ3v) is 9.33.